The van der Waals surface area contributed by atoms with Crippen molar-refractivity contribution in [3.05, 3.63) is 0 Å². The molecule has 0 bridgehead atoms. The van der Waals surface area contributed by atoms with E-state index in [1.54, 1.807) is 7.11 Å². The summed E-state index contributed by atoms with van der Waals surface area (Å²) in [5.41, 5.74) is 0.508. The Morgan fingerprint density at radius 1 is 1.19 bits per heavy atom. The maximum Gasteiger partial charge on any atom is 0.0700 e. The fraction of sp³-hybridized carbons (Fsp3) is 1.00. The van der Waals surface area contributed by atoms with Crippen LogP contribution in [0.2, 0.25) is 0 Å². The summed E-state index contributed by atoms with van der Waals surface area (Å²) < 4.78 is 10.4. The molecule has 1 rings (SSSR count). The summed E-state index contributed by atoms with van der Waals surface area (Å²) in [4.78, 5) is 0. The van der Waals surface area contributed by atoms with E-state index < -0.39 is 0 Å². The fourth-order valence-corrected chi connectivity index (χ4v) is 2.73. The van der Waals surface area contributed by atoms with Crippen molar-refractivity contribution >= 4 is 0 Å². The molecule has 96 valence electrons. The maximum atomic E-state index is 5.43. The van der Waals surface area contributed by atoms with Crippen molar-refractivity contribution in [2.75, 3.05) is 33.5 Å². The van der Waals surface area contributed by atoms with Crippen molar-refractivity contribution in [1.29, 1.82) is 0 Å². The molecule has 0 spiro atoms. The van der Waals surface area contributed by atoms with E-state index in [4.69, 9.17) is 9.47 Å². The molecule has 16 heavy (non-hydrogen) atoms. The SMILES string of the molecule is COCCOCCN[C@H]1CC(C)(C)C[C@@H]1C. The van der Waals surface area contributed by atoms with Gasteiger partial charge >= 0.3 is 0 Å². The summed E-state index contributed by atoms with van der Waals surface area (Å²) in [5, 5.41) is 3.60. The van der Waals surface area contributed by atoms with Gasteiger partial charge in [0.05, 0.1) is 19.8 Å². The lowest BCUT2D eigenvalue weighted by Crippen LogP contribution is -2.34. The average molecular weight is 229 g/mol. The van der Waals surface area contributed by atoms with Crippen LogP contribution in [0.3, 0.4) is 0 Å². The molecule has 0 aromatic carbocycles. The quantitative estimate of drug-likeness (QED) is 0.678. The van der Waals surface area contributed by atoms with E-state index in [9.17, 15) is 0 Å². The smallest absolute Gasteiger partial charge is 0.0700 e. The summed E-state index contributed by atoms with van der Waals surface area (Å²) in [6.45, 7) is 10.2. The lowest BCUT2D eigenvalue weighted by molar-refractivity contribution is 0.0706. The van der Waals surface area contributed by atoms with Crippen LogP contribution in [0, 0.1) is 11.3 Å². The van der Waals surface area contributed by atoms with Crippen LogP contribution in [0.1, 0.15) is 33.6 Å². The van der Waals surface area contributed by atoms with Crippen molar-refractivity contribution in [2.45, 2.75) is 39.7 Å². The molecular formula is C13H27NO2. The highest BCUT2D eigenvalue weighted by Crippen LogP contribution is 2.40. The molecule has 1 N–H and O–H groups in total. The van der Waals surface area contributed by atoms with Gasteiger partial charge in [0, 0.05) is 19.7 Å². The minimum absolute atomic E-state index is 0.508. The standard InChI is InChI=1S/C13H27NO2/c1-11-9-13(2,3)10-12(11)14-5-6-16-8-7-15-4/h11-12,14H,5-10H2,1-4H3/t11-,12-/m0/s1. The molecule has 0 radical (unpaired) electrons. The summed E-state index contributed by atoms with van der Waals surface area (Å²) in [6.07, 6.45) is 2.61. The van der Waals surface area contributed by atoms with Gasteiger partial charge in [0.2, 0.25) is 0 Å². The molecule has 0 aromatic heterocycles. The summed E-state index contributed by atoms with van der Waals surface area (Å²) >= 11 is 0. The van der Waals surface area contributed by atoms with Crippen LogP contribution in [0.5, 0.6) is 0 Å². The Bertz CT molecular complexity index is 194. The Kier molecular flexibility index (Phi) is 5.73. The highest BCUT2D eigenvalue weighted by atomic mass is 16.5. The number of hydrogen-bond acceptors (Lipinski definition) is 3. The highest BCUT2D eigenvalue weighted by Gasteiger charge is 2.35. The Hall–Kier alpha value is -0.120. The summed E-state index contributed by atoms with van der Waals surface area (Å²) in [6, 6.07) is 0.668. The second-order valence-electron chi connectivity index (χ2n) is 5.72. The first kappa shape index (κ1) is 13.9. The topological polar surface area (TPSA) is 30.5 Å². The molecule has 0 aromatic rings. The second-order valence-corrected chi connectivity index (χ2v) is 5.72. The predicted octanol–water partition coefficient (Wildman–Crippen LogP) is 2.06. The van der Waals surface area contributed by atoms with Gasteiger partial charge in [-0.3, -0.25) is 0 Å². The molecule has 2 atom stereocenters. The lowest BCUT2D eigenvalue weighted by Gasteiger charge is -2.18. The molecule has 0 heterocycles. The lowest BCUT2D eigenvalue weighted by atomic mass is 9.91. The van der Waals surface area contributed by atoms with Gasteiger partial charge in [-0.15, -0.1) is 0 Å². The third kappa shape index (κ3) is 4.81. The molecule has 0 unspecified atom stereocenters. The first-order chi connectivity index (χ1) is 7.55. The normalized spacial score (nSPS) is 28.5. The van der Waals surface area contributed by atoms with Crippen molar-refractivity contribution in [3.63, 3.8) is 0 Å². The minimum Gasteiger partial charge on any atom is -0.382 e. The van der Waals surface area contributed by atoms with Gasteiger partial charge in [-0.25, -0.2) is 0 Å². The summed E-state index contributed by atoms with van der Waals surface area (Å²) in [5.74, 6) is 0.786. The van der Waals surface area contributed by atoms with Gasteiger partial charge in [-0.1, -0.05) is 20.8 Å². The van der Waals surface area contributed by atoms with Crippen LogP contribution >= 0.6 is 0 Å². The van der Waals surface area contributed by atoms with Crippen molar-refractivity contribution < 1.29 is 9.47 Å². The molecule has 1 saturated carbocycles. The van der Waals surface area contributed by atoms with E-state index in [-0.39, 0.29) is 0 Å². The van der Waals surface area contributed by atoms with Gasteiger partial charge in [-0.05, 0) is 24.2 Å². The summed E-state index contributed by atoms with van der Waals surface area (Å²) in [7, 11) is 1.70. The van der Waals surface area contributed by atoms with E-state index >= 15 is 0 Å². The predicted molar refractivity (Wildman–Crippen MR) is 66.7 cm³/mol. The molecule has 1 fully saturated rings. The van der Waals surface area contributed by atoms with E-state index in [0.717, 1.165) is 19.1 Å². The van der Waals surface area contributed by atoms with E-state index in [1.165, 1.54) is 12.8 Å². The monoisotopic (exact) mass is 229 g/mol. The molecule has 1 aliphatic carbocycles. The Balaban J connectivity index is 2.05. The Morgan fingerprint density at radius 3 is 2.50 bits per heavy atom. The highest BCUT2D eigenvalue weighted by molar-refractivity contribution is 4.90. The van der Waals surface area contributed by atoms with Gasteiger partial charge in [0.1, 0.15) is 0 Å². The largest absolute Gasteiger partial charge is 0.382 e. The van der Waals surface area contributed by atoms with Crippen molar-refractivity contribution in [3.8, 4) is 0 Å². The van der Waals surface area contributed by atoms with Crippen molar-refractivity contribution in [1.82, 2.24) is 5.32 Å². The van der Waals surface area contributed by atoms with Crippen LogP contribution in [-0.2, 0) is 9.47 Å². The van der Waals surface area contributed by atoms with E-state index in [1.807, 2.05) is 0 Å². The molecule has 3 heteroatoms. The van der Waals surface area contributed by atoms with Gasteiger partial charge in [0.25, 0.3) is 0 Å². The zero-order chi connectivity index (χ0) is 12.0. The van der Waals surface area contributed by atoms with Crippen LogP contribution < -0.4 is 5.32 Å². The van der Waals surface area contributed by atoms with Crippen LogP contribution in [0.4, 0.5) is 0 Å². The van der Waals surface area contributed by atoms with Crippen LogP contribution in [0.25, 0.3) is 0 Å². The molecular weight excluding hydrogens is 202 g/mol. The van der Waals surface area contributed by atoms with Gasteiger partial charge < -0.3 is 14.8 Å². The average Bonchev–Trinajstić information content (AvgIpc) is 2.45. The molecule has 0 saturated heterocycles. The Labute approximate surface area is 99.9 Å². The van der Waals surface area contributed by atoms with E-state index in [2.05, 4.69) is 26.1 Å². The third-order valence-corrected chi connectivity index (χ3v) is 3.42. The van der Waals surface area contributed by atoms with Crippen LogP contribution in [0.15, 0.2) is 0 Å². The van der Waals surface area contributed by atoms with Gasteiger partial charge in [-0.2, -0.15) is 0 Å². The van der Waals surface area contributed by atoms with E-state index in [0.29, 0.717) is 24.7 Å². The number of ether oxygens (including phenoxy) is 2. The Morgan fingerprint density at radius 2 is 1.94 bits per heavy atom. The van der Waals surface area contributed by atoms with Crippen molar-refractivity contribution in [2.24, 2.45) is 11.3 Å². The number of methoxy groups -OCH3 is 1. The minimum atomic E-state index is 0.508. The second kappa shape index (κ2) is 6.58. The molecule has 1 aliphatic rings. The first-order valence-corrected chi connectivity index (χ1v) is 6.35. The first-order valence-electron chi connectivity index (χ1n) is 6.35. The zero-order valence-electron chi connectivity index (χ0n) is 11.2. The van der Waals surface area contributed by atoms with Gasteiger partial charge in [0.15, 0.2) is 0 Å². The molecule has 3 nitrogen and oxygen atoms in total. The number of nitrogens with one attached hydrogen (secondary N) is 1. The number of rotatable bonds is 7. The third-order valence-electron chi connectivity index (χ3n) is 3.42. The maximum absolute atomic E-state index is 5.43. The fourth-order valence-electron chi connectivity index (χ4n) is 2.73. The molecule has 0 amide bonds. The van der Waals surface area contributed by atoms with Crippen LogP contribution in [-0.4, -0.2) is 39.5 Å². The molecule has 0 aliphatic heterocycles. The zero-order valence-corrected chi connectivity index (χ0v) is 11.2. The number of hydrogen-bond donors (Lipinski definition) is 1.